The van der Waals surface area contributed by atoms with Gasteiger partial charge >= 0.3 is 0 Å². The number of nitrogens with two attached hydrogens (primary N) is 1. The van der Waals surface area contributed by atoms with Crippen LogP contribution in [0.2, 0.25) is 0 Å². The van der Waals surface area contributed by atoms with E-state index in [9.17, 15) is 0 Å². The van der Waals surface area contributed by atoms with Crippen LogP contribution in [0.1, 0.15) is 6.42 Å². The third-order valence-corrected chi connectivity index (χ3v) is 0.714. The zero-order chi connectivity index (χ0) is 5.70. The summed E-state index contributed by atoms with van der Waals surface area (Å²) in [6, 6.07) is 0.102. The normalized spacial score (nSPS) is 14.1. The maximum absolute atomic E-state index is 5.40. The van der Waals surface area contributed by atoms with Crippen molar-refractivity contribution in [2.45, 2.75) is 12.5 Å². The Labute approximate surface area is 45.1 Å². The van der Waals surface area contributed by atoms with E-state index in [-0.39, 0.29) is 6.04 Å². The molecule has 0 aliphatic carbocycles. The zero-order valence-corrected chi connectivity index (χ0v) is 4.65. The van der Waals surface area contributed by atoms with Gasteiger partial charge in [0.05, 0.1) is 0 Å². The first-order chi connectivity index (χ1) is 3.31. The SMILES string of the molecule is [CH2]CC(N)[CH]NC. The largest absolute Gasteiger partial charge is 0.326 e. The second kappa shape index (κ2) is 4.09. The third-order valence-electron chi connectivity index (χ3n) is 0.714. The Balaban J connectivity index is 2.83. The highest BCUT2D eigenvalue weighted by atomic mass is 14.9. The molecule has 2 radical (unpaired) electrons. The molecular formula is C5H12N2. The summed E-state index contributed by atoms with van der Waals surface area (Å²) < 4.78 is 0. The van der Waals surface area contributed by atoms with Crippen molar-refractivity contribution in [1.82, 2.24) is 5.32 Å². The Morgan fingerprint density at radius 3 is 2.71 bits per heavy atom. The maximum Gasteiger partial charge on any atom is 0.0386 e. The van der Waals surface area contributed by atoms with Gasteiger partial charge in [-0.15, -0.1) is 0 Å². The Kier molecular flexibility index (Phi) is 4.04. The van der Waals surface area contributed by atoms with Gasteiger partial charge < -0.3 is 11.1 Å². The molecule has 0 fully saturated rings. The lowest BCUT2D eigenvalue weighted by Crippen LogP contribution is -2.25. The summed E-state index contributed by atoms with van der Waals surface area (Å²) >= 11 is 0. The molecule has 0 spiro atoms. The standard InChI is InChI=1S/C5H12N2/c1-3-5(6)4-7-2/h4-5,7H,1,3,6H2,2H3. The van der Waals surface area contributed by atoms with Crippen molar-refractivity contribution < 1.29 is 0 Å². The van der Waals surface area contributed by atoms with Crippen LogP contribution < -0.4 is 11.1 Å². The Morgan fingerprint density at radius 2 is 2.57 bits per heavy atom. The smallest absolute Gasteiger partial charge is 0.0386 e. The first-order valence-electron chi connectivity index (χ1n) is 2.36. The summed E-state index contributed by atoms with van der Waals surface area (Å²) in [5.41, 5.74) is 5.40. The molecule has 1 atom stereocenters. The van der Waals surface area contributed by atoms with E-state index in [4.69, 9.17) is 5.73 Å². The Bertz CT molecular complexity index is 37.1. The molecule has 0 aliphatic heterocycles. The molecule has 0 aromatic rings. The summed E-state index contributed by atoms with van der Waals surface area (Å²) in [6.45, 7) is 5.42. The predicted molar refractivity (Wildman–Crippen MR) is 31.3 cm³/mol. The van der Waals surface area contributed by atoms with Gasteiger partial charge in [0.25, 0.3) is 0 Å². The minimum atomic E-state index is 0.102. The second-order valence-electron chi connectivity index (χ2n) is 1.41. The van der Waals surface area contributed by atoms with Crippen molar-refractivity contribution in [2.24, 2.45) is 5.73 Å². The van der Waals surface area contributed by atoms with Crippen LogP contribution in [0.3, 0.4) is 0 Å². The van der Waals surface area contributed by atoms with Gasteiger partial charge in [-0.2, -0.15) is 0 Å². The third kappa shape index (κ3) is 3.76. The molecule has 2 nitrogen and oxygen atoms in total. The van der Waals surface area contributed by atoms with Gasteiger partial charge in [-0.1, -0.05) is 6.92 Å². The monoisotopic (exact) mass is 100 g/mol. The van der Waals surface area contributed by atoms with E-state index < -0.39 is 0 Å². The van der Waals surface area contributed by atoms with E-state index >= 15 is 0 Å². The highest BCUT2D eigenvalue weighted by Crippen LogP contribution is 1.84. The topological polar surface area (TPSA) is 38.0 Å². The van der Waals surface area contributed by atoms with Gasteiger partial charge in [-0.3, -0.25) is 0 Å². The molecule has 3 N–H and O–H groups in total. The lowest BCUT2D eigenvalue weighted by atomic mass is 10.2. The summed E-state index contributed by atoms with van der Waals surface area (Å²) in [4.78, 5) is 0. The first-order valence-corrected chi connectivity index (χ1v) is 2.36. The van der Waals surface area contributed by atoms with Crippen molar-refractivity contribution in [3.05, 3.63) is 13.5 Å². The highest BCUT2D eigenvalue weighted by Gasteiger charge is 1.93. The van der Waals surface area contributed by atoms with Crippen LogP contribution in [0.25, 0.3) is 0 Å². The molecule has 0 aliphatic rings. The van der Waals surface area contributed by atoms with Gasteiger partial charge in [0.2, 0.25) is 0 Å². The highest BCUT2D eigenvalue weighted by molar-refractivity contribution is 4.75. The van der Waals surface area contributed by atoms with Crippen molar-refractivity contribution in [3.8, 4) is 0 Å². The fourth-order valence-electron chi connectivity index (χ4n) is 0.297. The fraction of sp³-hybridized carbons (Fsp3) is 0.600. The molecule has 1 unspecified atom stereocenters. The minimum Gasteiger partial charge on any atom is -0.326 e. The van der Waals surface area contributed by atoms with Crippen LogP contribution >= 0.6 is 0 Å². The van der Waals surface area contributed by atoms with Gasteiger partial charge in [-0.05, 0) is 13.5 Å². The summed E-state index contributed by atoms with van der Waals surface area (Å²) in [5.74, 6) is 0. The zero-order valence-electron chi connectivity index (χ0n) is 4.65. The van der Waals surface area contributed by atoms with Gasteiger partial charge in [-0.25, -0.2) is 0 Å². The average Bonchev–Trinajstić information content (AvgIpc) is 1.68. The van der Waals surface area contributed by atoms with E-state index in [1.807, 2.05) is 13.6 Å². The summed E-state index contributed by atoms with van der Waals surface area (Å²) in [5, 5.41) is 2.83. The second-order valence-corrected chi connectivity index (χ2v) is 1.41. The van der Waals surface area contributed by atoms with Crippen LogP contribution in [-0.4, -0.2) is 13.1 Å². The fourth-order valence-corrected chi connectivity index (χ4v) is 0.297. The van der Waals surface area contributed by atoms with E-state index in [2.05, 4.69) is 12.2 Å². The van der Waals surface area contributed by atoms with Crippen molar-refractivity contribution in [1.29, 1.82) is 0 Å². The van der Waals surface area contributed by atoms with Crippen LogP contribution in [0.15, 0.2) is 0 Å². The Hall–Kier alpha value is -0.0800. The average molecular weight is 100 g/mol. The molecule has 0 saturated carbocycles. The van der Waals surface area contributed by atoms with Crippen molar-refractivity contribution in [2.75, 3.05) is 7.05 Å². The van der Waals surface area contributed by atoms with E-state index in [0.717, 1.165) is 6.42 Å². The molecule has 7 heavy (non-hydrogen) atoms. The molecular weight excluding hydrogens is 88.1 g/mol. The molecule has 0 rings (SSSR count). The number of nitrogens with one attached hydrogen (secondary N) is 1. The molecule has 0 heterocycles. The molecule has 0 amide bonds. The van der Waals surface area contributed by atoms with Gasteiger partial charge in [0.1, 0.15) is 0 Å². The van der Waals surface area contributed by atoms with E-state index in [1.54, 1.807) is 0 Å². The van der Waals surface area contributed by atoms with Crippen LogP contribution in [0.5, 0.6) is 0 Å². The summed E-state index contributed by atoms with van der Waals surface area (Å²) in [7, 11) is 1.83. The first kappa shape index (κ1) is 6.92. The van der Waals surface area contributed by atoms with Crippen LogP contribution in [-0.2, 0) is 0 Å². The molecule has 0 saturated heterocycles. The molecule has 42 valence electrons. The molecule has 0 bridgehead atoms. The molecule has 0 aromatic heterocycles. The van der Waals surface area contributed by atoms with E-state index in [0.29, 0.717) is 0 Å². The lowest BCUT2D eigenvalue weighted by Gasteiger charge is -2.03. The molecule has 2 heteroatoms. The Morgan fingerprint density at radius 1 is 2.00 bits per heavy atom. The maximum atomic E-state index is 5.40. The molecule has 0 aromatic carbocycles. The predicted octanol–water partition coefficient (Wildman–Crippen LogP) is -0.0809. The number of likely N-dealkylation sites (N-methyl/N-ethyl adjacent to an activating group) is 1. The van der Waals surface area contributed by atoms with Gasteiger partial charge in [0.15, 0.2) is 0 Å². The number of hydrogen-bond acceptors (Lipinski definition) is 2. The van der Waals surface area contributed by atoms with Gasteiger partial charge in [0, 0.05) is 12.6 Å². The van der Waals surface area contributed by atoms with E-state index in [1.165, 1.54) is 0 Å². The number of hydrogen-bond donors (Lipinski definition) is 2. The van der Waals surface area contributed by atoms with Crippen LogP contribution in [0.4, 0.5) is 0 Å². The van der Waals surface area contributed by atoms with Crippen molar-refractivity contribution in [3.63, 3.8) is 0 Å². The summed E-state index contributed by atoms with van der Waals surface area (Å²) in [6.07, 6.45) is 0.751. The number of rotatable bonds is 3. The van der Waals surface area contributed by atoms with Crippen LogP contribution in [0, 0.1) is 13.5 Å². The minimum absolute atomic E-state index is 0.102. The lowest BCUT2D eigenvalue weighted by molar-refractivity contribution is 0.710. The van der Waals surface area contributed by atoms with Crippen molar-refractivity contribution >= 4 is 0 Å². The quantitative estimate of drug-likeness (QED) is 0.520.